The molecular formula is C23H22N4O4. The van der Waals surface area contributed by atoms with Crippen LogP contribution >= 0.6 is 0 Å². The van der Waals surface area contributed by atoms with Crippen molar-refractivity contribution in [2.45, 2.75) is 13.5 Å². The number of carbonyl (C=O) groups is 3. The molecule has 1 fully saturated rings. The standard InChI is InChI=1S/C23H22N4O4/c1-16-7-9-18(10-8-16)21-19(14-26(25-21)13-17-5-3-2-4-6-17)22(29)31-15-20(28)27-12-11-24-23(27)30/h2-10,14H,11-13,15H2,1H3,(H,24,30). The Bertz CT molecular complexity index is 1110. The molecule has 0 radical (unpaired) electrons. The molecule has 1 aromatic heterocycles. The number of nitrogens with zero attached hydrogens (tertiary/aromatic N) is 3. The van der Waals surface area contributed by atoms with Crippen LogP contribution in [0.3, 0.4) is 0 Å². The molecule has 0 saturated carbocycles. The highest BCUT2D eigenvalue weighted by Gasteiger charge is 2.28. The van der Waals surface area contributed by atoms with Crippen molar-refractivity contribution in [2.75, 3.05) is 19.7 Å². The fourth-order valence-corrected chi connectivity index (χ4v) is 3.34. The second-order valence-electron chi connectivity index (χ2n) is 7.29. The van der Waals surface area contributed by atoms with Gasteiger partial charge in [0, 0.05) is 24.8 Å². The normalized spacial score (nSPS) is 13.2. The molecule has 3 aromatic rings. The van der Waals surface area contributed by atoms with Crippen molar-refractivity contribution in [1.82, 2.24) is 20.0 Å². The Labute approximate surface area is 179 Å². The van der Waals surface area contributed by atoms with Gasteiger partial charge >= 0.3 is 12.0 Å². The van der Waals surface area contributed by atoms with E-state index in [4.69, 9.17) is 4.74 Å². The molecule has 4 rings (SSSR count). The Morgan fingerprint density at radius 2 is 1.84 bits per heavy atom. The van der Waals surface area contributed by atoms with E-state index in [2.05, 4.69) is 10.4 Å². The van der Waals surface area contributed by atoms with Crippen LogP contribution in [0.5, 0.6) is 0 Å². The van der Waals surface area contributed by atoms with Gasteiger partial charge in [0.05, 0.1) is 6.54 Å². The van der Waals surface area contributed by atoms with Crippen LogP contribution < -0.4 is 5.32 Å². The van der Waals surface area contributed by atoms with Crippen LogP contribution in [0.1, 0.15) is 21.5 Å². The lowest BCUT2D eigenvalue weighted by Crippen LogP contribution is -2.37. The van der Waals surface area contributed by atoms with Crippen molar-refractivity contribution >= 4 is 17.9 Å². The molecule has 1 saturated heterocycles. The monoisotopic (exact) mass is 418 g/mol. The van der Waals surface area contributed by atoms with Crippen molar-refractivity contribution in [3.8, 4) is 11.3 Å². The van der Waals surface area contributed by atoms with Crippen LogP contribution in [0.15, 0.2) is 60.8 Å². The summed E-state index contributed by atoms with van der Waals surface area (Å²) < 4.78 is 6.91. The quantitative estimate of drug-likeness (QED) is 0.621. The van der Waals surface area contributed by atoms with Gasteiger partial charge < -0.3 is 10.1 Å². The summed E-state index contributed by atoms with van der Waals surface area (Å²) in [5, 5.41) is 7.14. The molecule has 31 heavy (non-hydrogen) atoms. The van der Waals surface area contributed by atoms with Crippen LogP contribution in [0.4, 0.5) is 4.79 Å². The number of esters is 1. The predicted octanol–water partition coefficient (Wildman–Crippen LogP) is 2.62. The minimum atomic E-state index is -0.664. The van der Waals surface area contributed by atoms with E-state index in [0.29, 0.717) is 18.8 Å². The lowest BCUT2D eigenvalue weighted by atomic mass is 10.1. The number of nitrogens with one attached hydrogen (secondary N) is 1. The number of rotatable bonds is 6. The Hall–Kier alpha value is -3.94. The second-order valence-corrected chi connectivity index (χ2v) is 7.29. The van der Waals surface area contributed by atoms with Gasteiger partial charge in [0.25, 0.3) is 5.91 Å². The zero-order chi connectivity index (χ0) is 21.8. The summed E-state index contributed by atoms with van der Waals surface area (Å²) in [7, 11) is 0. The zero-order valence-electron chi connectivity index (χ0n) is 17.1. The summed E-state index contributed by atoms with van der Waals surface area (Å²) in [5.41, 5.74) is 3.64. The van der Waals surface area contributed by atoms with Crippen molar-refractivity contribution < 1.29 is 19.1 Å². The lowest BCUT2D eigenvalue weighted by Gasteiger charge is -2.12. The van der Waals surface area contributed by atoms with Crippen LogP contribution in [-0.4, -0.2) is 52.3 Å². The number of aryl methyl sites for hydroxylation is 1. The molecule has 0 bridgehead atoms. The molecule has 0 spiro atoms. The molecular weight excluding hydrogens is 396 g/mol. The molecule has 158 valence electrons. The lowest BCUT2D eigenvalue weighted by molar-refractivity contribution is -0.130. The Balaban J connectivity index is 1.56. The summed E-state index contributed by atoms with van der Waals surface area (Å²) in [4.78, 5) is 37.7. The predicted molar refractivity (Wildman–Crippen MR) is 113 cm³/mol. The molecule has 2 aromatic carbocycles. The average molecular weight is 418 g/mol. The third kappa shape index (κ3) is 4.63. The second kappa shape index (κ2) is 8.83. The number of amides is 3. The number of hydrogen-bond acceptors (Lipinski definition) is 5. The van der Waals surface area contributed by atoms with Gasteiger partial charge in [0.2, 0.25) is 0 Å². The molecule has 0 aliphatic carbocycles. The van der Waals surface area contributed by atoms with Crippen LogP contribution in [-0.2, 0) is 16.1 Å². The maximum absolute atomic E-state index is 12.8. The highest BCUT2D eigenvalue weighted by Crippen LogP contribution is 2.24. The van der Waals surface area contributed by atoms with Gasteiger partial charge in [-0.2, -0.15) is 5.10 Å². The fourth-order valence-electron chi connectivity index (χ4n) is 3.34. The molecule has 3 amide bonds. The van der Waals surface area contributed by atoms with Crippen molar-refractivity contribution in [3.63, 3.8) is 0 Å². The number of aromatic nitrogens is 2. The van der Waals surface area contributed by atoms with E-state index in [1.54, 1.807) is 10.9 Å². The van der Waals surface area contributed by atoms with E-state index in [0.717, 1.165) is 21.6 Å². The minimum absolute atomic E-state index is 0.262. The van der Waals surface area contributed by atoms with E-state index in [1.807, 2.05) is 61.5 Å². The van der Waals surface area contributed by atoms with Crippen LogP contribution in [0, 0.1) is 6.92 Å². The Kier molecular flexibility index (Phi) is 5.79. The van der Waals surface area contributed by atoms with Crippen molar-refractivity contribution in [3.05, 3.63) is 77.5 Å². The Morgan fingerprint density at radius 1 is 1.10 bits per heavy atom. The van der Waals surface area contributed by atoms with Gasteiger partial charge in [-0.25, -0.2) is 9.59 Å². The highest BCUT2D eigenvalue weighted by molar-refractivity contribution is 5.99. The maximum atomic E-state index is 12.8. The Morgan fingerprint density at radius 3 is 2.52 bits per heavy atom. The smallest absolute Gasteiger partial charge is 0.342 e. The van der Waals surface area contributed by atoms with Gasteiger partial charge in [-0.05, 0) is 12.5 Å². The first kappa shape index (κ1) is 20.3. The average Bonchev–Trinajstić information content (AvgIpc) is 3.39. The molecule has 1 N–H and O–H groups in total. The van der Waals surface area contributed by atoms with Gasteiger partial charge in [0.1, 0.15) is 11.3 Å². The number of urea groups is 1. The molecule has 0 atom stereocenters. The topological polar surface area (TPSA) is 93.5 Å². The van der Waals surface area contributed by atoms with Gasteiger partial charge in [-0.15, -0.1) is 0 Å². The summed E-state index contributed by atoms with van der Waals surface area (Å²) in [5.74, 6) is -1.22. The van der Waals surface area contributed by atoms with Gasteiger partial charge in [-0.3, -0.25) is 14.4 Å². The van der Waals surface area contributed by atoms with E-state index in [1.165, 1.54) is 0 Å². The number of benzene rings is 2. The summed E-state index contributed by atoms with van der Waals surface area (Å²) in [6.07, 6.45) is 1.62. The molecule has 2 heterocycles. The summed E-state index contributed by atoms with van der Waals surface area (Å²) in [6, 6.07) is 17.0. The molecule has 0 unspecified atom stereocenters. The molecule has 1 aliphatic rings. The van der Waals surface area contributed by atoms with Crippen molar-refractivity contribution in [1.29, 1.82) is 0 Å². The van der Waals surface area contributed by atoms with Gasteiger partial charge in [-0.1, -0.05) is 60.2 Å². The van der Waals surface area contributed by atoms with E-state index >= 15 is 0 Å². The van der Waals surface area contributed by atoms with E-state index in [-0.39, 0.29) is 12.1 Å². The number of hydrogen-bond donors (Lipinski definition) is 1. The summed E-state index contributed by atoms with van der Waals surface area (Å²) >= 11 is 0. The van der Waals surface area contributed by atoms with Crippen molar-refractivity contribution in [2.24, 2.45) is 0 Å². The number of imide groups is 1. The van der Waals surface area contributed by atoms with Gasteiger partial charge in [0.15, 0.2) is 6.61 Å². The SMILES string of the molecule is Cc1ccc(-c2nn(Cc3ccccc3)cc2C(=O)OCC(=O)N2CCNC2=O)cc1. The third-order valence-electron chi connectivity index (χ3n) is 4.98. The minimum Gasteiger partial charge on any atom is -0.452 e. The van der Waals surface area contributed by atoms with Crippen LogP contribution in [0.2, 0.25) is 0 Å². The third-order valence-corrected chi connectivity index (χ3v) is 4.98. The maximum Gasteiger partial charge on any atom is 0.342 e. The highest BCUT2D eigenvalue weighted by atomic mass is 16.5. The summed E-state index contributed by atoms with van der Waals surface area (Å²) in [6.45, 7) is 2.61. The zero-order valence-corrected chi connectivity index (χ0v) is 17.1. The number of carbonyl (C=O) groups excluding carboxylic acids is 3. The van der Waals surface area contributed by atoms with Crippen LogP contribution in [0.25, 0.3) is 11.3 Å². The molecule has 8 heteroatoms. The van der Waals surface area contributed by atoms with E-state index in [9.17, 15) is 14.4 Å². The first-order chi connectivity index (χ1) is 15.0. The fraction of sp³-hybridized carbons (Fsp3) is 0.217. The number of ether oxygens (including phenoxy) is 1. The molecule has 1 aliphatic heterocycles. The van der Waals surface area contributed by atoms with E-state index < -0.39 is 24.5 Å². The molecule has 8 nitrogen and oxygen atoms in total. The first-order valence-corrected chi connectivity index (χ1v) is 9.95. The first-order valence-electron chi connectivity index (χ1n) is 9.95. The largest absolute Gasteiger partial charge is 0.452 e.